The van der Waals surface area contributed by atoms with Gasteiger partial charge in [-0.1, -0.05) is 23.7 Å². The molecular formula is C28H23ClN6O3. The van der Waals surface area contributed by atoms with Crippen LogP contribution in [-0.4, -0.2) is 31.8 Å². The van der Waals surface area contributed by atoms with Crippen molar-refractivity contribution in [1.82, 2.24) is 24.7 Å². The number of nitrogens with one attached hydrogen (secondary N) is 1. The lowest BCUT2D eigenvalue weighted by molar-refractivity contribution is 0.306. The molecule has 0 radical (unpaired) electrons. The zero-order valence-electron chi connectivity index (χ0n) is 20.9. The number of fused-ring (bicyclic) bond motifs is 1. The summed E-state index contributed by atoms with van der Waals surface area (Å²) in [6.45, 7) is 4.08. The van der Waals surface area contributed by atoms with E-state index in [4.69, 9.17) is 26.1 Å². The number of hydrogen-bond acceptors (Lipinski definition) is 7. The molecule has 1 N–H and O–H groups in total. The molecule has 190 valence electrons. The molecule has 0 aliphatic heterocycles. The molecular weight excluding hydrogens is 504 g/mol. The first-order chi connectivity index (χ1) is 18.4. The second kappa shape index (κ2) is 10.4. The molecule has 0 fully saturated rings. The average Bonchev–Trinajstić information content (AvgIpc) is 3.34. The van der Waals surface area contributed by atoms with Crippen molar-refractivity contribution in [2.24, 2.45) is 0 Å². The van der Waals surface area contributed by atoms with Crippen molar-refractivity contribution in [3.8, 4) is 29.0 Å². The van der Waals surface area contributed by atoms with Gasteiger partial charge in [0.2, 0.25) is 5.88 Å². The summed E-state index contributed by atoms with van der Waals surface area (Å²) in [5, 5.41) is 17.9. The van der Waals surface area contributed by atoms with Gasteiger partial charge in [0.25, 0.3) is 5.56 Å². The summed E-state index contributed by atoms with van der Waals surface area (Å²) < 4.78 is 13.0. The summed E-state index contributed by atoms with van der Waals surface area (Å²) in [6, 6.07) is 14.4. The molecule has 0 spiro atoms. The van der Waals surface area contributed by atoms with Crippen LogP contribution < -0.4 is 15.0 Å². The molecule has 4 aromatic heterocycles. The molecule has 0 saturated carbocycles. The van der Waals surface area contributed by atoms with E-state index < -0.39 is 5.56 Å². The molecule has 0 aliphatic rings. The minimum Gasteiger partial charge on any atom is -0.486 e. The highest BCUT2D eigenvalue weighted by molar-refractivity contribution is 6.31. The van der Waals surface area contributed by atoms with Gasteiger partial charge in [0.15, 0.2) is 0 Å². The molecule has 0 saturated heterocycles. The fourth-order valence-corrected chi connectivity index (χ4v) is 4.55. The Kier molecular flexibility index (Phi) is 6.81. The molecule has 4 heterocycles. The highest BCUT2D eigenvalue weighted by Gasteiger charge is 2.18. The third-order valence-corrected chi connectivity index (χ3v) is 6.53. The monoisotopic (exact) mass is 526 g/mol. The number of para-hydroxylation sites is 1. The van der Waals surface area contributed by atoms with Gasteiger partial charge in [-0.15, -0.1) is 0 Å². The van der Waals surface area contributed by atoms with Gasteiger partial charge in [-0.2, -0.15) is 10.4 Å². The Bertz CT molecular complexity index is 1770. The van der Waals surface area contributed by atoms with Crippen molar-refractivity contribution < 1.29 is 9.47 Å². The molecule has 0 amide bonds. The number of aryl methyl sites for hydroxylation is 2. The van der Waals surface area contributed by atoms with E-state index in [1.165, 1.54) is 17.7 Å². The third kappa shape index (κ3) is 4.69. The summed E-state index contributed by atoms with van der Waals surface area (Å²) in [5.41, 5.74) is 5.07. The number of hydrogen-bond donors (Lipinski definition) is 1. The first-order valence-corrected chi connectivity index (χ1v) is 12.1. The number of nitriles is 1. The van der Waals surface area contributed by atoms with Gasteiger partial charge in [-0.05, 0) is 43.7 Å². The van der Waals surface area contributed by atoms with Gasteiger partial charge >= 0.3 is 0 Å². The van der Waals surface area contributed by atoms with E-state index >= 15 is 0 Å². The first-order valence-electron chi connectivity index (χ1n) is 11.8. The van der Waals surface area contributed by atoms with Crippen LogP contribution >= 0.6 is 11.6 Å². The van der Waals surface area contributed by atoms with Crippen molar-refractivity contribution in [3.63, 3.8) is 0 Å². The van der Waals surface area contributed by atoms with E-state index in [1.807, 2.05) is 50.4 Å². The van der Waals surface area contributed by atoms with E-state index in [-0.39, 0.29) is 18.7 Å². The zero-order chi connectivity index (χ0) is 26.8. The predicted molar refractivity (Wildman–Crippen MR) is 143 cm³/mol. The van der Waals surface area contributed by atoms with Crippen LogP contribution in [0, 0.1) is 25.2 Å². The van der Waals surface area contributed by atoms with Gasteiger partial charge in [0.1, 0.15) is 29.5 Å². The van der Waals surface area contributed by atoms with E-state index in [9.17, 15) is 10.1 Å². The molecule has 5 rings (SSSR count). The van der Waals surface area contributed by atoms with Crippen molar-refractivity contribution >= 4 is 22.5 Å². The van der Waals surface area contributed by atoms with Crippen LogP contribution in [-0.2, 0) is 13.2 Å². The third-order valence-electron chi connectivity index (χ3n) is 6.19. The Morgan fingerprint density at radius 3 is 2.74 bits per heavy atom. The Morgan fingerprint density at radius 1 is 1.16 bits per heavy atom. The largest absolute Gasteiger partial charge is 0.486 e. The zero-order valence-corrected chi connectivity index (χ0v) is 21.7. The Morgan fingerprint density at radius 2 is 2.00 bits per heavy atom. The van der Waals surface area contributed by atoms with Crippen LogP contribution in [0.1, 0.15) is 28.1 Å². The van der Waals surface area contributed by atoms with Crippen LogP contribution in [0.2, 0.25) is 5.02 Å². The predicted octanol–water partition coefficient (Wildman–Crippen LogP) is 4.96. The molecule has 5 aromatic rings. The summed E-state index contributed by atoms with van der Waals surface area (Å²) in [5.74, 6) is 0.877. The molecule has 38 heavy (non-hydrogen) atoms. The molecule has 0 atom stereocenters. The number of aromatic amines is 1. The maximum atomic E-state index is 12.7. The summed E-state index contributed by atoms with van der Waals surface area (Å²) in [4.78, 5) is 22.0. The van der Waals surface area contributed by atoms with E-state index in [1.54, 1.807) is 18.3 Å². The van der Waals surface area contributed by atoms with Gasteiger partial charge in [-0.3, -0.25) is 9.89 Å². The summed E-state index contributed by atoms with van der Waals surface area (Å²) in [6.07, 6.45) is 3.45. The van der Waals surface area contributed by atoms with Crippen molar-refractivity contribution in [2.45, 2.75) is 27.0 Å². The van der Waals surface area contributed by atoms with Crippen molar-refractivity contribution in [1.29, 1.82) is 5.26 Å². The van der Waals surface area contributed by atoms with Gasteiger partial charge in [0.05, 0.1) is 30.1 Å². The topological polar surface area (TPSA) is 119 Å². The van der Waals surface area contributed by atoms with E-state index in [0.29, 0.717) is 33.4 Å². The lowest BCUT2D eigenvalue weighted by atomic mass is 10.0. The number of pyridine rings is 3. The molecule has 1 aromatic carbocycles. The van der Waals surface area contributed by atoms with E-state index in [2.05, 4.69) is 15.2 Å². The lowest BCUT2D eigenvalue weighted by Gasteiger charge is -2.16. The molecule has 9 nitrogen and oxygen atoms in total. The van der Waals surface area contributed by atoms with Gasteiger partial charge in [0, 0.05) is 40.7 Å². The van der Waals surface area contributed by atoms with Gasteiger partial charge < -0.3 is 14.0 Å². The maximum absolute atomic E-state index is 12.7. The summed E-state index contributed by atoms with van der Waals surface area (Å²) in [7, 11) is 1.49. The molecule has 0 bridgehead atoms. The smallest absolute Gasteiger partial charge is 0.268 e. The van der Waals surface area contributed by atoms with Crippen LogP contribution in [0.25, 0.3) is 22.2 Å². The van der Waals surface area contributed by atoms with Crippen LogP contribution in [0.3, 0.4) is 0 Å². The lowest BCUT2D eigenvalue weighted by Crippen LogP contribution is -2.23. The van der Waals surface area contributed by atoms with Crippen molar-refractivity contribution in [3.05, 3.63) is 98.3 Å². The Hall–Kier alpha value is -4.68. The Labute approximate surface area is 223 Å². The maximum Gasteiger partial charge on any atom is 0.268 e. The highest BCUT2D eigenvalue weighted by Crippen LogP contribution is 2.34. The molecule has 10 heteroatoms. The quantitative estimate of drug-likeness (QED) is 0.318. The second-order valence-corrected chi connectivity index (χ2v) is 9.11. The Balaban J connectivity index is 1.54. The number of rotatable bonds is 7. The standard InChI is InChI=1S/C28H23ClN6O3/c1-16-13-31-34-26(16)20-10-17(2)32-27-19(20)7-4-8-24(27)38-15-21-22(29)11-25(37-3)33-23(21)14-35-9-5-6-18(12-30)28(35)36/h4-11,13H,14-15H2,1-3H3,(H,31,34). The number of benzene rings is 1. The van der Waals surface area contributed by atoms with Crippen LogP contribution in [0.15, 0.2) is 59.7 Å². The number of H-pyrrole nitrogens is 1. The SMILES string of the molecule is COc1cc(Cl)c(COc2cccc3c(-c4n[nH]cc4C)cc(C)nc23)c(Cn2cccc(C#N)c2=O)n1. The number of halogens is 1. The van der Waals surface area contributed by atoms with Crippen molar-refractivity contribution in [2.75, 3.05) is 7.11 Å². The van der Waals surface area contributed by atoms with Crippen LogP contribution in [0.5, 0.6) is 11.6 Å². The van der Waals surface area contributed by atoms with Crippen LogP contribution in [0.4, 0.5) is 0 Å². The second-order valence-electron chi connectivity index (χ2n) is 8.71. The number of methoxy groups -OCH3 is 1. The minimum absolute atomic E-state index is 0.0412. The van der Waals surface area contributed by atoms with E-state index in [0.717, 1.165) is 27.9 Å². The molecule has 0 unspecified atom stereocenters. The number of ether oxygens (including phenoxy) is 2. The fraction of sp³-hybridized carbons (Fsp3) is 0.179. The number of nitrogens with zero attached hydrogens (tertiary/aromatic N) is 5. The van der Waals surface area contributed by atoms with Gasteiger partial charge in [-0.25, -0.2) is 9.97 Å². The minimum atomic E-state index is -0.419. The highest BCUT2D eigenvalue weighted by atomic mass is 35.5. The first kappa shape index (κ1) is 25.0. The molecule has 0 aliphatic carbocycles. The fourth-order valence-electron chi connectivity index (χ4n) is 4.30. The normalized spacial score (nSPS) is 10.9. The number of aromatic nitrogens is 5. The summed E-state index contributed by atoms with van der Waals surface area (Å²) >= 11 is 6.63. The average molecular weight is 527 g/mol.